The van der Waals surface area contributed by atoms with Crippen LogP contribution in [0.2, 0.25) is 0 Å². The van der Waals surface area contributed by atoms with Crippen LogP contribution >= 0.6 is 0 Å². The molecule has 0 aliphatic carbocycles. The van der Waals surface area contributed by atoms with Crippen molar-refractivity contribution in [3.8, 4) is 0 Å². The number of allylic oxidation sites excluding steroid dienone is 1. The Bertz CT molecular complexity index is 387. The van der Waals surface area contributed by atoms with Gasteiger partial charge in [-0.3, -0.25) is 0 Å². The minimum absolute atomic E-state index is 0.0839. The fraction of sp³-hybridized carbons (Fsp3) is 0.917. The molecule has 29 heavy (non-hydrogen) atoms. The molecule has 0 bridgehead atoms. The van der Waals surface area contributed by atoms with E-state index in [1.807, 2.05) is 6.08 Å². The van der Waals surface area contributed by atoms with E-state index >= 15 is 0 Å². The number of rotatable bonds is 19. The summed E-state index contributed by atoms with van der Waals surface area (Å²) >= 11 is 0. The van der Waals surface area contributed by atoms with E-state index in [-0.39, 0.29) is 13.2 Å². The van der Waals surface area contributed by atoms with Gasteiger partial charge in [-0.1, -0.05) is 96.1 Å². The average Bonchev–Trinajstić information content (AvgIpc) is 3.06. The lowest BCUT2D eigenvalue weighted by molar-refractivity contribution is -0.0942. The van der Waals surface area contributed by atoms with E-state index in [0.29, 0.717) is 6.61 Å². The Morgan fingerprint density at radius 1 is 0.862 bits per heavy atom. The lowest BCUT2D eigenvalue weighted by Gasteiger charge is -2.23. The number of aliphatic hydroxyl groups excluding tert-OH is 3. The van der Waals surface area contributed by atoms with Crippen LogP contribution in [0.3, 0.4) is 0 Å². The Labute approximate surface area is 178 Å². The van der Waals surface area contributed by atoms with Crippen molar-refractivity contribution in [1.82, 2.24) is 0 Å². The minimum atomic E-state index is -0.998. The van der Waals surface area contributed by atoms with Crippen molar-refractivity contribution in [3.05, 3.63) is 12.2 Å². The number of ether oxygens (including phenoxy) is 2. The first-order chi connectivity index (χ1) is 14.2. The number of hydrogen-bond acceptors (Lipinski definition) is 5. The van der Waals surface area contributed by atoms with Crippen molar-refractivity contribution >= 4 is 0 Å². The minimum Gasteiger partial charge on any atom is -0.394 e. The van der Waals surface area contributed by atoms with Gasteiger partial charge in [0.1, 0.15) is 24.4 Å². The molecule has 0 radical (unpaired) electrons. The summed E-state index contributed by atoms with van der Waals surface area (Å²) in [6, 6.07) is 0. The van der Waals surface area contributed by atoms with Gasteiger partial charge in [-0.25, -0.2) is 0 Å². The topological polar surface area (TPSA) is 79.2 Å². The third kappa shape index (κ3) is 12.7. The van der Waals surface area contributed by atoms with Gasteiger partial charge in [0.25, 0.3) is 0 Å². The summed E-state index contributed by atoms with van der Waals surface area (Å²) in [5, 5.41) is 28.7. The summed E-state index contributed by atoms with van der Waals surface area (Å²) in [5.74, 6) is 0. The second kappa shape index (κ2) is 18.3. The van der Waals surface area contributed by atoms with Gasteiger partial charge < -0.3 is 24.8 Å². The van der Waals surface area contributed by atoms with Crippen LogP contribution in [0.25, 0.3) is 0 Å². The quantitative estimate of drug-likeness (QED) is 0.214. The van der Waals surface area contributed by atoms with Crippen molar-refractivity contribution in [2.45, 2.75) is 121 Å². The summed E-state index contributed by atoms with van der Waals surface area (Å²) in [6.07, 6.45) is 19.7. The predicted molar refractivity (Wildman–Crippen MR) is 118 cm³/mol. The van der Waals surface area contributed by atoms with Crippen molar-refractivity contribution < 1.29 is 24.8 Å². The van der Waals surface area contributed by atoms with Gasteiger partial charge in [0.2, 0.25) is 0 Å². The largest absolute Gasteiger partial charge is 0.394 e. The summed E-state index contributed by atoms with van der Waals surface area (Å²) in [5.41, 5.74) is 0. The van der Waals surface area contributed by atoms with Crippen LogP contribution in [0.4, 0.5) is 0 Å². The molecule has 3 N–H and O–H groups in total. The molecule has 5 heteroatoms. The van der Waals surface area contributed by atoms with E-state index in [9.17, 15) is 15.3 Å². The van der Waals surface area contributed by atoms with Crippen molar-refractivity contribution in [1.29, 1.82) is 0 Å². The highest BCUT2D eigenvalue weighted by Crippen LogP contribution is 2.19. The molecule has 0 unspecified atom stereocenters. The van der Waals surface area contributed by atoms with Gasteiger partial charge in [-0.2, -0.15) is 0 Å². The summed E-state index contributed by atoms with van der Waals surface area (Å²) in [7, 11) is 0. The molecule has 4 atom stereocenters. The Morgan fingerprint density at radius 2 is 1.41 bits per heavy atom. The van der Waals surface area contributed by atoms with Crippen LogP contribution in [0, 0.1) is 0 Å². The highest BCUT2D eigenvalue weighted by molar-refractivity contribution is 4.89. The fourth-order valence-corrected chi connectivity index (χ4v) is 3.85. The standard InChI is InChI=1S/C24H46O5/c1-2-3-4-5-6-7-8-9-10-11-12-13-14-15-16-17-18-28-22(19-25)24-23(27)21(26)20-29-24/h16-17,21-27H,2-15,18-20H2,1H3/b17-16+/t21-,22+,23-,24-/m0/s1. The molecule has 172 valence electrons. The summed E-state index contributed by atoms with van der Waals surface area (Å²) < 4.78 is 10.9. The SMILES string of the molecule is CCCCCCCCCCCCCCC/C=C/CO[C@H](CO)[C@@H]1OC[C@H](O)[C@@H]1O. The first-order valence-electron chi connectivity index (χ1n) is 12.1. The van der Waals surface area contributed by atoms with E-state index in [1.54, 1.807) is 0 Å². The van der Waals surface area contributed by atoms with E-state index in [4.69, 9.17) is 9.47 Å². The van der Waals surface area contributed by atoms with E-state index in [0.717, 1.165) is 6.42 Å². The third-order valence-electron chi connectivity index (χ3n) is 5.78. The second-order valence-corrected chi connectivity index (χ2v) is 8.41. The molecule has 0 aromatic heterocycles. The van der Waals surface area contributed by atoms with Crippen LogP contribution in [-0.4, -0.2) is 59.6 Å². The van der Waals surface area contributed by atoms with Gasteiger partial charge in [0.15, 0.2) is 0 Å². The molecule has 1 aliphatic heterocycles. The van der Waals surface area contributed by atoms with Crippen LogP contribution < -0.4 is 0 Å². The van der Waals surface area contributed by atoms with Gasteiger partial charge in [-0.15, -0.1) is 0 Å². The van der Waals surface area contributed by atoms with Crippen LogP contribution in [0.15, 0.2) is 12.2 Å². The van der Waals surface area contributed by atoms with Gasteiger partial charge in [0, 0.05) is 0 Å². The highest BCUT2D eigenvalue weighted by atomic mass is 16.6. The molecule has 0 spiro atoms. The molecular formula is C24H46O5. The number of aliphatic hydroxyl groups is 3. The average molecular weight is 415 g/mol. The molecule has 1 fully saturated rings. The van der Waals surface area contributed by atoms with Crippen LogP contribution in [0.1, 0.15) is 96.8 Å². The first kappa shape index (κ1) is 26.6. The van der Waals surface area contributed by atoms with Crippen molar-refractivity contribution in [2.24, 2.45) is 0 Å². The van der Waals surface area contributed by atoms with Gasteiger partial charge in [-0.05, 0) is 12.8 Å². The Morgan fingerprint density at radius 3 is 1.90 bits per heavy atom. The Hall–Kier alpha value is -0.460. The first-order valence-corrected chi connectivity index (χ1v) is 12.1. The lowest BCUT2D eigenvalue weighted by Crippen LogP contribution is -2.42. The number of unbranched alkanes of at least 4 members (excludes halogenated alkanes) is 13. The lowest BCUT2D eigenvalue weighted by atomic mass is 10.0. The molecule has 5 nitrogen and oxygen atoms in total. The van der Waals surface area contributed by atoms with E-state index in [2.05, 4.69) is 13.0 Å². The molecule has 1 heterocycles. The predicted octanol–water partition coefficient (Wildman–Crippen LogP) is 4.52. The molecular weight excluding hydrogens is 368 g/mol. The molecule has 1 aliphatic rings. The zero-order valence-corrected chi connectivity index (χ0v) is 18.6. The van der Waals surface area contributed by atoms with Crippen LogP contribution in [0.5, 0.6) is 0 Å². The Kier molecular flexibility index (Phi) is 16.8. The molecule has 0 aromatic rings. The van der Waals surface area contributed by atoms with E-state index < -0.39 is 24.4 Å². The summed E-state index contributed by atoms with van der Waals surface area (Å²) in [4.78, 5) is 0. The maximum Gasteiger partial charge on any atom is 0.114 e. The fourth-order valence-electron chi connectivity index (χ4n) is 3.85. The maximum absolute atomic E-state index is 9.82. The normalized spacial score (nSPS) is 23.2. The van der Waals surface area contributed by atoms with Crippen LogP contribution in [-0.2, 0) is 9.47 Å². The smallest absolute Gasteiger partial charge is 0.114 e. The zero-order chi connectivity index (χ0) is 21.2. The molecule has 0 aromatic carbocycles. The van der Waals surface area contributed by atoms with Crippen molar-refractivity contribution in [2.75, 3.05) is 19.8 Å². The molecule has 1 saturated heterocycles. The maximum atomic E-state index is 9.82. The van der Waals surface area contributed by atoms with Crippen molar-refractivity contribution in [3.63, 3.8) is 0 Å². The monoisotopic (exact) mass is 414 g/mol. The Balaban J connectivity index is 1.87. The zero-order valence-electron chi connectivity index (χ0n) is 18.6. The van der Waals surface area contributed by atoms with Gasteiger partial charge >= 0.3 is 0 Å². The van der Waals surface area contributed by atoms with E-state index in [1.165, 1.54) is 83.5 Å². The van der Waals surface area contributed by atoms with Gasteiger partial charge in [0.05, 0.1) is 19.8 Å². The second-order valence-electron chi connectivity index (χ2n) is 8.41. The summed E-state index contributed by atoms with van der Waals surface area (Å²) in [6.45, 7) is 2.50. The highest BCUT2D eigenvalue weighted by Gasteiger charge is 2.40. The molecule has 0 amide bonds. The number of hydrogen-bond donors (Lipinski definition) is 3. The third-order valence-corrected chi connectivity index (χ3v) is 5.78. The molecule has 0 saturated carbocycles. The molecule has 1 rings (SSSR count).